The number of carboxylic acid groups (broad SMARTS) is 1. The van der Waals surface area contributed by atoms with Crippen LogP contribution >= 0.6 is 0 Å². The normalized spacial score (nSPS) is 14.2. The molecule has 0 radical (unpaired) electrons. The molecule has 7 nitrogen and oxygen atoms in total. The number of rotatable bonds is 4. The first-order chi connectivity index (χ1) is 12.0. The minimum atomic E-state index is -1.45. The molecule has 1 aromatic carbocycles. The van der Waals surface area contributed by atoms with Gasteiger partial charge >= 0.3 is 29.6 Å². The number of pyridine rings is 1. The Morgan fingerprint density at radius 1 is 1.23 bits per heavy atom. The largest absolute Gasteiger partial charge is 1.00 e. The fraction of sp³-hybridized carbons (Fsp3) is 0.353. The average Bonchev–Trinajstić information content (AvgIpc) is 2.61. The maximum Gasteiger partial charge on any atom is 1.00 e. The molecule has 1 saturated heterocycles. The monoisotopic (exact) mass is 369 g/mol. The smallest absolute Gasteiger partial charge is 0.543 e. The van der Waals surface area contributed by atoms with Crippen molar-refractivity contribution in [3.8, 4) is 0 Å². The van der Waals surface area contributed by atoms with Crippen molar-refractivity contribution >= 4 is 29.0 Å². The average molecular weight is 369 g/mol. The van der Waals surface area contributed by atoms with Crippen LogP contribution < -0.4 is 45.0 Å². The standard InChI is InChI=1S/C17H18FN3O4.Na/c1-2-21-13-8-14(20-5-3-19(10-22)4-6-20)12(18)7-11(13)16(23)9-15(21)17(24)25;/h7-10H,2-6H2,1H3,(H,24,25);/q;+1/p-1. The van der Waals surface area contributed by atoms with Gasteiger partial charge < -0.3 is 24.3 Å². The first-order valence-corrected chi connectivity index (χ1v) is 7.99. The molecular weight excluding hydrogens is 352 g/mol. The number of carbonyl (C=O) groups excluding carboxylic acids is 2. The van der Waals surface area contributed by atoms with Crippen LogP contribution in [0.2, 0.25) is 0 Å². The van der Waals surface area contributed by atoms with Gasteiger partial charge in [0.05, 0.1) is 22.9 Å². The van der Waals surface area contributed by atoms with E-state index in [9.17, 15) is 23.9 Å². The van der Waals surface area contributed by atoms with Crippen molar-refractivity contribution in [2.75, 3.05) is 31.1 Å². The van der Waals surface area contributed by atoms with E-state index in [0.717, 1.165) is 18.5 Å². The van der Waals surface area contributed by atoms with E-state index < -0.39 is 17.2 Å². The van der Waals surface area contributed by atoms with E-state index >= 15 is 0 Å². The van der Waals surface area contributed by atoms with Crippen LogP contribution in [-0.2, 0) is 11.3 Å². The molecule has 3 rings (SSSR count). The molecular formula is C17H17FN3NaO4. The molecule has 0 aliphatic carbocycles. The van der Waals surface area contributed by atoms with Crippen LogP contribution in [0.3, 0.4) is 0 Å². The maximum absolute atomic E-state index is 14.6. The summed E-state index contributed by atoms with van der Waals surface area (Å²) in [7, 11) is 0. The number of carboxylic acids is 1. The summed E-state index contributed by atoms with van der Waals surface area (Å²) in [5.41, 5.74) is -0.156. The molecule has 9 heteroatoms. The Hall–Kier alpha value is -1.90. The summed E-state index contributed by atoms with van der Waals surface area (Å²) < 4.78 is 16.0. The molecule has 1 aliphatic heterocycles. The van der Waals surface area contributed by atoms with Gasteiger partial charge in [-0.1, -0.05) is 0 Å². The fourth-order valence-corrected chi connectivity index (χ4v) is 3.20. The summed E-state index contributed by atoms with van der Waals surface area (Å²) in [5.74, 6) is -2.00. The number of fused-ring (bicyclic) bond motifs is 1. The van der Waals surface area contributed by atoms with Crippen LogP contribution in [0.25, 0.3) is 10.9 Å². The summed E-state index contributed by atoms with van der Waals surface area (Å²) in [4.78, 5) is 37.7. The van der Waals surface area contributed by atoms with Gasteiger partial charge in [0.25, 0.3) is 0 Å². The van der Waals surface area contributed by atoms with E-state index in [-0.39, 0.29) is 46.3 Å². The van der Waals surface area contributed by atoms with E-state index in [1.165, 1.54) is 10.6 Å². The second-order valence-electron chi connectivity index (χ2n) is 5.87. The van der Waals surface area contributed by atoms with E-state index in [2.05, 4.69) is 0 Å². The van der Waals surface area contributed by atoms with E-state index in [1.807, 2.05) is 0 Å². The van der Waals surface area contributed by atoms with Crippen LogP contribution in [0.15, 0.2) is 23.0 Å². The third kappa shape index (κ3) is 3.62. The Morgan fingerprint density at radius 3 is 2.42 bits per heavy atom. The van der Waals surface area contributed by atoms with Crippen LogP contribution in [0.1, 0.15) is 17.4 Å². The Bertz CT molecular complexity index is 907. The molecule has 2 heterocycles. The third-order valence-corrected chi connectivity index (χ3v) is 4.51. The van der Waals surface area contributed by atoms with Gasteiger partial charge in [-0.25, -0.2) is 4.39 Å². The van der Waals surface area contributed by atoms with E-state index in [1.54, 1.807) is 16.7 Å². The number of hydrogen-bond donors (Lipinski definition) is 0. The number of anilines is 1. The molecule has 26 heavy (non-hydrogen) atoms. The molecule has 0 spiro atoms. The maximum atomic E-state index is 14.6. The number of carbonyl (C=O) groups is 2. The van der Waals surface area contributed by atoms with Gasteiger partial charge in [0.15, 0.2) is 5.43 Å². The van der Waals surface area contributed by atoms with Gasteiger partial charge in [-0.2, -0.15) is 0 Å². The number of piperazine rings is 1. The molecule has 1 aromatic heterocycles. The second kappa shape index (κ2) is 8.20. The van der Waals surface area contributed by atoms with Crippen molar-refractivity contribution in [1.82, 2.24) is 9.47 Å². The molecule has 1 fully saturated rings. The Balaban J connectivity index is 0.00000243. The van der Waals surface area contributed by atoms with Gasteiger partial charge in [0.2, 0.25) is 6.41 Å². The van der Waals surface area contributed by atoms with Gasteiger partial charge in [-0.15, -0.1) is 0 Å². The first kappa shape index (κ1) is 20.4. The molecule has 0 unspecified atom stereocenters. The quantitative estimate of drug-likeness (QED) is 0.419. The zero-order valence-corrected chi connectivity index (χ0v) is 16.7. The number of amides is 1. The fourth-order valence-electron chi connectivity index (χ4n) is 3.20. The number of benzene rings is 1. The predicted molar refractivity (Wildman–Crippen MR) is 88.0 cm³/mol. The molecule has 2 aromatic rings. The van der Waals surface area contributed by atoms with Crippen LogP contribution in [0.5, 0.6) is 0 Å². The number of aromatic nitrogens is 1. The van der Waals surface area contributed by atoms with E-state index in [4.69, 9.17) is 0 Å². The summed E-state index contributed by atoms with van der Waals surface area (Å²) in [6.45, 7) is 3.89. The number of hydrogen-bond acceptors (Lipinski definition) is 5. The minimum Gasteiger partial charge on any atom is -0.543 e. The van der Waals surface area contributed by atoms with Crippen molar-refractivity contribution in [3.05, 3.63) is 39.9 Å². The van der Waals surface area contributed by atoms with Gasteiger partial charge in [0.1, 0.15) is 5.82 Å². The van der Waals surface area contributed by atoms with Gasteiger partial charge in [-0.3, -0.25) is 9.59 Å². The molecule has 0 bridgehead atoms. The third-order valence-electron chi connectivity index (χ3n) is 4.51. The first-order valence-electron chi connectivity index (χ1n) is 7.99. The van der Waals surface area contributed by atoms with Crippen molar-refractivity contribution in [1.29, 1.82) is 0 Å². The summed E-state index contributed by atoms with van der Waals surface area (Å²) in [6.07, 6.45) is 0.759. The number of halogens is 1. The van der Waals surface area contributed by atoms with Crippen molar-refractivity contribution in [3.63, 3.8) is 0 Å². The summed E-state index contributed by atoms with van der Waals surface area (Å²) in [5, 5.41) is 11.4. The SMILES string of the molecule is CCn1c(C(=O)[O-])cc(=O)c2cc(F)c(N3CCN(C=O)CC3)cc21.[Na+]. The minimum absolute atomic E-state index is 0. The summed E-state index contributed by atoms with van der Waals surface area (Å²) in [6, 6.07) is 3.60. The van der Waals surface area contributed by atoms with Crippen molar-refractivity contribution < 1.29 is 48.6 Å². The Labute approximate surface area is 171 Å². The van der Waals surface area contributed by atoms with Crippen LogP contribution in [-0.4, -0.2) is 48.0 Å². The van der Waals surface area contributed by atoms with Gasteiger partial charge in [-0.05, 0) is 19.1 Å². The van der Waals surface area contributed by atoms with Crippen molar-refractivity contribution in [2.45, 2.75) is 13.5 Å². The summed E-state index contributed by atoms with van der Waals surface area (Å²) >= 11 is 0. The number of aromatic carboxylic acids is 1. The molecule has 1 aliphatic rings. The Kier molecular flexibility index (Phi) is 6.44. The van der Waals surface area contributed by atoms with Gasteiger partial charge in [0, 0.05) is 44.2 Å². The molecule has 0 saturated carbocycles. The zero-order valence-electron chi connectivity index (χ0n) is 14.7. The Morgan fingerprint density at radius 2 is 1.88 bits per heavy atom. The zero-order chi connectivity index (χ0) is 18.1. The van der Waals surface area contributed by atoms with Crippen LogP contribution in [0.4, 0.5) is 10.1 Å². The van der Waals surface area contributed by atoms with E-state index in [0.29, 0.717) is 38.2 Å². The molecule has 0 N–H and O–H groups in total. The second-order valence-corrected chi connectivity index (χ2v) is 5.87. The topological polar surface area (TPSA) is 85.7 Å². The number of aryl methyl sites for hydroxylation is 1. The molecule has 1 amide bonds. The predicted octanol–water partition coefficient (Wildman–Crippen LogP) is -3.19. The molecule has 132 valence electrons. The molecule has 0 atom stereocenters. The van der Waals surface area contributed by atoms with Crippen molar-refractivity contribution in [2.24, 2.45) is 0 Å². The number of nitrogens with zero attached hydrogens (tertiary/aromatic N) is 3. The van der Waals surface area contributed by atoms with Crippen LogP contribution in [0, 0.1) is 5.82 Å².